The Hall–Kier alpha value is -1.49. The van der Waals surface area contributed by atoms with Crippen LogP contribution in [0.15, 0.2) is 12.1 Å². The molecule has 0 saturated carbocycles. The maximum atomic E-state index is 13.5. The number of ether oxygens (including phenoxy) is 2. The van der Waals surface area contributed by atoms with Crippen LogP contribution in [0.2, 0.25) is 0 Å². The Morgan fingerprint density at radius 1 is 1.44 bits per heavy atom. The van der Waals surface area contributed by atoms with Crippen molar-refractivity contribution >= 4 is 11.4 Å². The van der Waals surface area contributed by atoms with Crippen LogP contribution in [0.1, 0.15) is 6.92 Å². The highest BCUT2D eigenvalue weighted by Gasteiger charge is 2.10. The monoisotopic (exact) mass is 228 g/mol. The zero-order chi connectivity index (χ0) is 12.1. The molecule has 5 heteroatoms. The van der Waals surface area contributed by atoms with Crippen LogP contribution in [0.3, 0.4) is 0 Å². The van der Waals surface area contributed by atoms with E-state index in [9.17, 15) is 4.39 Å². The van der Waals surface area contributed by atoms with Crippen molar-refractivity contribution in [2.24, 2.45) is 0 Å². The van der Waals surface area contributed by atoms with Crippen LogP contribution in [-0.4, -0.2) is 26.9 Å². The van der Waals surface area contributed by atoms with Gasteiger partial charge >= 0.3 is 0 Å². The fourth-order valence-corrected chi connectivity index (χ4v) is 1.41. The third kappa shape index (κ3) is 3.00. The molecule has 1 aromatic rings. The van der Waals surface area contributed by atoms with E-state index in [-0.39, 0.29) is 11.7 Å². The lowest BCUT2D eigenvalue weighted by Gasteiger charge is -2.16. The summed E-state index contributed by atoms with van der Waals surface area (Å²) >= 11 is 0. The minimum absolute atomic E-state index is 0.00725. The minimum Gasteiger partial charge on any atom is -0.495 e. The zero-order valence-electron chi connectivity index (χ0n) is 9.71. The lowest BCUT2D eigenvalue weighted by atomic mass is 10.2. The largest absolute Gasteiger partial charge is 0.495 e. The first-order chi connectivity index (χ1) is 7.58. The normalized spacial score (nSPS) is 12.2. The molecular formula is C11H17FN2O2. The molecule has 90 valence electrons. The van der Waals surface area contributed by atoms with Crippen molar-refractivity contribution in [1.29, 1.82) is 0 Å². The molecule has 0 bridgehead atoms. The third-order valence-corrected chi connectivity index (χ3v) is 2.14. The molecule has 0 aliphatic rings. The molecule has 0 aromatic heterocycles. The lowest BCUT2D eigenvalue weighted by Crippen LogP contribution is -2.21. The molecule has 1 unspecified atom stereocenters. The van der Waals surface area contributed by atoms with Crippen LogP contribution in [0.5, 0.6) is 5.75 Å². The van der Waals surface area contributed by atoms with E-state index in [1.165, 1.54) is 19.2 Å². The number of hydrogen-bond acceptors (Lipinski definition) is 4. The Kier molecular flexibility index (Phi) is 4.37. The molecule has 4 nitrogen and oxygen atoms in total. The van der Waals surface area contributed by atoms with Gasteiger partial charge in [-0.05, 0) is 6.92 Å². The summed E-state index contributed by atoms with van der Waals surface area (Å²) in [5.41, 5.74) is 6.21. The van der Waals surface area contributed by atoms with Crippen molar-refractivity contribution in [1.82, 2.24) is 0 Å². The standard InChI is InChI=1S/C11H17FN2O2/c1-7(6-15-2)14-10-5-11(16-3)9(13)4-8(10)12/h4-5,7,14H,6,13H2,1-3H3. The molecule has 16 heavy (non-hydrogen) atoms. The van der Waals surface area contributed by atoms with Gasteiger partial charge in [-0.3, -0.25) is 0 Å². The number of hydrogen-bond donors (Lipinski definition) is 2. The van der Waals surface area contributed by atoms with Gasteiger partial charge in [0.1, 0.15) is 11.6 Å². The molecular weight excluding hydrogens is 211 g/mol. The van der Waals surface area contributed by atoms with Crippen molar-refractivity contribution in [3.63, 3.8) is 0 Å². The van der Waals surface area contributed by atoms with E-state index < -0.39 is 5.82 Å². The number of nitrogens with two attached hydrogens (primary N) is 1. The number of anilines is 2. The van der Waals surface area contributed by atoms with Crippen LogP contribution in [0.25, 0.3) is 0 Å². The van der Waals surface area contributed by atoms with Gasteiger partial charge in [0, 0.05) is 25.3 Å². The van der Waals surface area contributed by atoms with Gasteiger partial charge in [-0.15, -0.1) is 0 Å². The van der Waals surface area contributed by atoms with Gasteiger partial charge in [-0.1, -0.05) is 0 Å². The van der Waals surface area contributed by atoms with Crippen LogP contribution >= 0.6 is 0 Å². The average Bonchev–Trinajstić information content (AvgIpc) is 2.22. The molecule has 0 fully saturated rings. The second-order valence-electron chi connectivity index (χ2n) is 3.57. The summed E-state index contributed by atoms with van der Waals surface area (Å²) in [6, 6.07) is 2.78. The first-order valence-corrected chi connectivity index (χ1v) is 4.97. The highest BCUT2D eigenvalue weighted by atomic mass is 19.1. The predicted molar refractivity (Wildman–Crippen MR) is 62.3 cm³/mol. The minimum atomic E-state index is -0.402. The molecule has 0 amide bonds. The van der Waals surface area contributed by atoms with E-state index in [4.69, 9.17) is 15.2 Å². The SMILES string of the molecule is COCC(C)Nc1cc(OC)c(N)cc1F. The van der Waals surface area contributed by atoms with Gasteiger partial charge < -0.3 is 20.5 Å². The Labute approximate surface area is 94.5 Å². The summed E-state index contributed by atoms with van der Waals surface area (Å²) < 4.78 is 23.5. The van der Waals surface area contributed by atoms with Crippen LogP contribution in [-0.2, 0) is 4.74 Å². The molecule has 0 aliphatic heterocycles. The van der Waals surface area contributed by atoms with Gasteiger partial charge in [0.05, 0.1) is 25.1 Å². The predicted octanol–water partition coefficient (Wildman–Crippen LogP) is 1.86. The number of nitrogens with one attached hydrogen (secondary N) is 1. The summed E-state index contributed by atoms with van der Waals surface area (Å²) in [5.74, 6) is 0.0507. The van der Waals surface area contributed by atoms with E-state index in [2.05, 4.69) is 5.32 Å². The Morgan fingerprint density at radius 2 is 2.12 bits per heavy atom. The first kappa shape index (κ1) is 12.6. The average molecular weight is 228 g/mol. The zero-order valence-corrected chi connectivity index (χ0v) is 9.71. The second-order valence-corrected chi connectivity index (χ2v) is 3.57. The molecule has 1 aromatic carbocycles. The van der Waals surface area contributed by atoms with E-state index >= 15 is 0 Å². The van der Waals surface area contributed by atoms with Crippen molar-refractivity contribution < 1.29 is 13.9 Å². The van der Waals surface area contributed by atoms with Gasteiger partial charge in [-0.25, -0.2) is 4.39 Å². The summed E-state index contributed by atoms with van der Waals surface area (Å²) in [6.07, 6.45) is 0. The fraction of sp³-hybridized carbons (Fsp3) is 0.455. The van der Waals surface area contributed by atoms with Crippen LogP contribution in [0, 0.1) is 5.82 Å². The number of methoxy groups -OCH3 is 2. The number of rotatable bonds is 5. The summed E-state index contributed by atoms with van der Waals surface area (Å²) in [4.78, 5) is 0. The van der Waals surface area contributed by atoms with Gasteiger partial charge in [0.15, 0.2) is 0 Å². The van der Waals surface area contributed by atoms with Crippen LogP contribution in [0.4, 0.5) is 15.8 Å². The highest BCUT2D eigenvalue weighted by Crippen LogP contribution is 2.28. The Bertz CT molecular complexity index is 358. The molecule has 1 rings (SSSR count). The lowest BCUT2D eigenvalue weighted by molar-refractivity contribution is 0.190. The van der Waals surface area contributed by atoms with Crippen molar-refractivity contribution in [2.75, 3.05) is 31.9 Å². The summed E-state index contributed by atoms with van der Waals surface area (Å²) in [5, 5.41) is 2.98. The quantitative estimate of drug-likeness (QED) is 0.755. The number of nitrogen functional groups attached to an aromatic ring is 1. The number of halogens is 1. The maximum Gasteiger partial charge on any atom is 0.148 e. The number of benzene rings is 1. The Balaban J connectivity index is 2.87. The Morgan fingerprint density at radius 3 is 2.69 bits per heavy atom. The second kappa shape index (κ2) is 5.55. The molecule has 0 aliphatic carbocycles. The highest BCUT2D eigenvalue weighted by molar-refractivity contribution is 5.62. The van der Waals surface area contributed by atoms with Crippen LogP contribution < -0.4 is 15.8 Å². The van der Waals surface area contributed by atoms with Gasteiger partial charge in [-0.2, -0.15) is 0 Å². The molecule has 0 heterocycles. The maximum absolute atomic E-state index is 13.5. The topological polar surface area (TPSA) is 56.5 Å². The fourth-order valence-electron chi connectivity index (χ4n) is 1.41. The van der Waals surface area contributed by atoms with Crippen molar-refractivity contribution in [2.45, 2.75) is 13.0 Å². The molecule has 0 saturated heterocycles. The molecule has 3 N–H and O–H groups in total. The van der Waals surface area contributed by atoms with E-state index in [0.29, 0.717) is 18.0 Å². The smallest absolute Gasteiger partial charge is 0.148 e. The molecule has 1 atom stereocenters. The molecule has 0 spiro atoms. The summed E-state index contributed by atoms with van der Waals surface area (Å²) in [6.45, 7) is 2.39. The molecule has 0 radical (unpaired) electrons. The van der Waals surface area contributed by atoms with E-state index in [1.807, 2.05) is 6.92 Å². The first-order valence-electron chi connectivity index (χ1n) is 4.97. The van der Waals surface area contributed by atoms with Crippen molar-refractivity contribution in [3.05, 3.63) is 17.9 Å². The van der Waals surface area contributed by atoms with Crippen molar-refractivity contribution in [3.8, 4) is 5.75 Å². The van der Waals surface area contributed by atoms with Gasteiger partial charge in [0.25, 0.3) is 0 Å². The van der Waals surface area contributed by atoms with E-state index in [1.54, 1.807) is 7.11 Å². The third-order valence-electron chi connectivity index (χ3n) is 2.14. The summed E-state index contributed by atoms with van der Waals surface area (Å²) in [7, 11) is 3.09. The van der Waals surface area contributed by atoms with Gasteiger partial charge in [0.2, 0.25) is 0 Å². The van der Waals surface area contributed by atoms with E-state index in [0.717, 1.165) is 0 Å².